The molecule has 1 N–H and O–H groups in total. The summed E-state index contributed by atoms with van der Waals surface area (Å²) in [5, 5.41) is 18.6. The maximum absolute atomic E-state index is 11.0. The zero-order chi connectivity index (χ0) is 13.8. The molecule has 0 unspecified atom stereocenters. The average Bonchev–Trinajstić information content (AvgIpc) is 2.81. The molecule has 0 fully saturated rings. The molecule has 8 heteroatoms. The quantitative estimate of drug-likeness (QED) is 0.512. The molecule has 0 amide bonds. The Kier molecular flexibility index (Phi) is 4.00. The minimum absolute atomic E-state index is 0.0820. The van der Waals surface area contributed by atoms with Gasteiger partial charge >= 0.3 is 0 Å². The van der Waals surface area contributed by atoms with Gasteiger partial charge in [0.25, 0.3) is 5.69 Å². The van der Waals surface area contributed by atoms with Gasteiger partial charge < -0.3 is 5.32 Å². The minimum atomic E-state index is -0.387. The first-order valence-corrected chi connectivity index (χ1v) is 6.53. The highest BCUT2D eigenvalue weighted by Crippen LogP contribution is 2.31. The fourth-order valence-corrected chi connectivity index (χ4v) is 2.59. The molecule has 0 saturated carbocycles. The van der Waals surface area contributed by atoms with Crippen molar-refractivity contribution in [2.45, 2.75) is 10.9 Å². The lowest BCUT2D eigenvalue weighted by molar-refractivity contribution is -0.384. The second-order valence-corrected chi connectivity index (χ2v) is 4.72. The lowest BCUT2D eigenvalue weighted by Crippen LogP contribution is -2.00. The van der Waals surface area contributed by atoms with Gasteiger partial charge in [-0.15, -0.1) is 0 Å². The molecule has 2 rings (SSSR count). The molecule has 100 valence electrons. The van der Waals surface area contributed by atoms with Gasteiger partial charge in [-0.3, -0.25) is 10.1 Å². The number of anilines is 1. The van der Waals surface area contributed by atoms with Gasteiger partial charge in [0.2, 0.25) is 0 Å². The van der Waals surface area contributed by atoms with Gasteiger partial charge in [0.15, 0.2) is 5.16 Å². The molecular formula is C11H13N5O2S. The summed E-state index contributed by atoms with van der Waals surface area (Å²) in [7, 11) is 3.49. The number of aromatic nitrogens is 3. The van der Waals surface area contributed by atoms with E-state index in [2.05, 4.69) is 15.4 Å². The Labute approximate surface area is 114 Å². The third kappa shape index (κ3) is 2.84. The van der Waals surface area contributed by atoms with E-state index in [0.29, 0.717) is 11.4 Å². The number of nitro groups is 1. The SMILES string of the molecule is CNc1c(CSc2ncnn2C)cccc1[N+](=O)[O-]. The summed E-state index contributed by atoms with van der Waals surface area (Å²) in [6.07, 6.45) is 1.48. The average molecular weight is 279 g/mol. The van der Waals surface area contributed by atoms with Gasteiger partial charge in [-0.05, 0) is 5.56 Å². The standard InChI is InChI=1S/C11H13N5O2S/c1-12-10-8(4-3-5-9(10)16(17)18)6-19-11-13-7-14-15(11)2/h3-5,7,12H,6H2,1-2H3. The van der Waals surface area contributed by atoms with E-state index in [4.69, 9.17) is 0 Å². The van der Waals surface area contributed by atoms with E-state index in [0.717, 1.165) is 10.7 Å². The summed E-state index contributed by atoms with van der Waals surface area (Å²) in [5.74, 6) is 0.588. The molecule has 1 heterocycles. The van der Waals surface area contributed by atoms with E-state index in [1.807, 2.05) is 13.1 Å². The van der Waals surface area contributed by atoms with Crippen molar-refractivity contribution in [3.05, 3.63) is 40.2 Å². The lowest BCUT2D eigenvalue weighted by atomic mass is 10.1. The normalized spacial score (nSPS) is 10.4. The molecule has 2 aromatic rings. The fourth-order valence-electron chi connectivity index (χ4n) is 1.71. The topological polar surface area (TPSA) is 85.9 Å². The fraction of sp³-hybridized carbons (Fsp3) is 0.273. The van der Waals surface area contributed by atoms with E-state index < -0.39 is 0 Å². The van der Waals surface area contributed by atoms with Crippen LogP contribution in [0.1, 0.15) is 5.56 Å². The minimum Gasteiger partial charge on any atom is -0.382 e. The van der Waals surface area contributed by atoms with Crippen LogP contribution in [-0.4, -0.2) is 26.7 Å². The molecule has 0 bridgehead atoms. The van der Waals surface area contributed by atoms with Crippen LogP contribution in [0.4, 0.5) is 11.4 Å². The number of benzene rings is 1. The maximum atomic E-state index is 11.0. The van der Waals surface area contributed by atoms with Crippen molar-refractivity contribution in [2.75, 3.05) is 12.4 Å². The molecule has 1 aromatic heterocycles. The number of aryl methyl sites for hydroxylation is 1. The van der Waals surface area contributed by atoms with Crippen molar-refractivity contribution in [3.8, 4) is 0 Å². The molecule has 0 spiro atoms. The Hall–Kier alpha value is -2.09. The number of nitrogens with zero attached hydrogens (tertiary/aromatic N) is 4. The Morgan fingerprint density at radius 2 is 2.32 bits per heavy atom. The van der Waals surface area contributed by atoms with Gasteiger partial charge in [0.1, 0.15) is 12.0 Å². The van der Waals surface area contributed by atoms with Gasteiger partial charge in [0, 0.05) is 25.9 Å². The van der Waals surface area contributed by atoms with Crippen LogP contribution < -0.4 is 5.32 Å². The van der Waals surface area contributed by atoms with Crippen molar-refractivity contribution < 1.29 is 4.92 Å². The molecule has 1 aromatic carbocycles. The highest BCUT2D eigenvalue weighted by atomic mass is 32.2. The van der Waals surface area contributed by atoms with Crippen LogP contribution in [-0.2, 0) is 12.8 Å². The second-order valence-electron chi connectivity index (χ2n) is 3.77. The van der Waals surface area contributed by atoms with Crippen molar-refractivity contribution in [2.24, 2.45) is 7.05 Å². The Bertz CT molecular complexity index is 599. The summed E-state index contributed by atoms with van der Waals surface area (Å²) in [5.41, 5.74) is 1.49. The predicted molar refractivity (Wildman–Crippen MR) is 73.2 cm³/mol. The smallest absolute Gasteiger partial charge is 0.292 e. The summed E-state index contributed by atoms with van der Waals surface area (Å²) in [6, 6.07) is 5.04. The van der Waals surface area contributed by atoms with Gasteiger partial charge in [-0.2, -0.15) is 5.10 Å². The highest BCUT2D eigenvalue weighted by Gasteiger charge is 2.16. The second kappa shape index (κ2) is 5.70. The molecule has 0 radical (unpaired) electrons. The molecule has 7 nitrogen and oxygen atoms in total. The summed E-state index contributed by atoms with van der Waals surface area (Å²) in [4.78, 5) is 14.7. The molecule has 19 heavy (non-hydrogen) atoms. The predicted octanol–water partition coefficient (Wildman–Crippen LogP) is 2.06. The monoisotopic (exact) mass is 279 g/mol. The van der Waals surface area contributed by atoms with Gasteiger partial charge in [0.05, 0.1) is 4.92 Å². The summed E-state index contributed by atoms with van der Waals surface area (Å²) >= 11 is 1.48. The number of nitrogens with one attached hydrogen (secondary N) is 1. The first kappa shape index (κ1) is 13.3. The lowest BCUT2D eigenvalue weighted by Gasteiger charge is -2.08. The highest BCUT2D eigenvalue weighted by molar-refractivity contribution is 7.98. The van der Waals surface area contributed by atoms with Crippen molar-refractivity contribution >= 4 is 23.1 Å². The van der Waals surface area contributed by atoms with Crippen LogP contribution in [0.25, 0.3) is 0 Å². The van der Waals surface area contributed by atoms with Gasteiger partial charge in [-0.1, -0.05) is 23.9 Å². The Balaban J connectivity index is 2.23. The van der Waals surface area contributed by atoms with Crippen LogP contribution in [0, 0.1) is 10.1 Å². The third-order valence-electron chi connectivity index (χ3n) is 2.60. The van der Waals surface area contributed by atoms with E-state index in [-0.39, 0.29) is 10.6 Å². The maximum Gasteiger partial charge on any atom is 0.292 e. The van der Waals surface area contributed by atoms with Crippen molar-refractivity contribution in [1.29, 1.82) is 0 Å². The number of thioether (sulfide) groups is 1. The number of hydrogen-bond acceptors (Lipinski definition) is 6. The Morgan fingerprint density at radius 3 is 2.89 bits per heavy atom. The summed E-state index contributed by atoms with van der Waals surface area (Å²) in [6.45, 7) is 0. The third-order valence-corrected chi connectivity index (χ3v) is 3.69. The van der Waals surface area contributed by atoms with Crippen LogP contribution >= 0.6 is 11.8 Å². The molecule has 0 saturated heterocycles. The Morgan fingerprint density at radius 1 is 1.53 bits per heavy atom. The number of nitro benzene ring substituents is 1. The largest absolute Gasteiger partial charge is 0.382 e. The van der Waals surface area contributed by atoms with E-state index in [1.165, 1.54) is 24.2 Å². The first-order chi connectivity index (χ1) is 9.13. The van der Waals surface area contributed by atoms with Gasteiger partial charge in [-0.25, -0.2) is 9.67 Å². The van der Waals surface area contributed by atoms with E-state index >= 15 is 0 Å². The van der Waals surface area contributed by atoms with Crippen LogP contribution in [0.5, 0.6) is 0 Å². The molecule has 0 aliphatic heterocycles. The summed E-state index contributed by atoms with van der Waals surface area (Å²) < 4.78 is 1.67. The zero-order valence-electron chi connectivity index (χ0n) is 10.5. The van der Waals surface area contributed by atoms with E-state index in [9.17, 15) is 10.1 Å². The van der Waals surface area contributed by atoms with Crippen molar-refractivity contribution in [1.82, 2.24) is 14.8 Å². The molecule has 0 aliphatic carbocycles. The van der Waals surface area contributed by atoms with Crippen LogP contribution in [0.2, 0.25) is 0 Å². The first-order valence-electron chi connectivity index (χ1n) is 5.54. The van der Waals surface area contributed by atoms with Crippen molar-refractivity contribution in [3.63, 3.8) is 0 Å². The zero-order valence-corrected chi connectivity index (χ0v) is 11.3. The molecule has 0 aliphatic rings. The van der Waals surface area contributed by atoms with Crippen LogP contribution in [0.3, 0.4) is 0 Å². The molecular weight excluding hydrogens is 266 g/mol. The number of hydrogen-bond donors (Lipinski definition) is 1. The number of para-hydroxylation sites is 1. The van der Waals surface area contributed by atoms with E-state index in [1.54, 1.807) is 17.8 Å². The number of rotatable bonds is 5. The van der Waals surface area contributed by atoms with Crippen LogP contribution in [0.15, 0.2) is 29.7 Å². The molecule has 0 atom stereocenters.